The smallest absolute Gasteiger partial charge is 0.252 e. The van der Waals surface area contributed by atoms with Gasteiger partial charge in [-0.2, -0.15) is 0 Å². The third-order valence-corrected chi connectivity index (χ3v) is 4.10. The fraction of sp³-hybridized carbons (Fsp3) is 0.0500. The summed E-state index contributed by atoms with van der Waals surface area (Å²) in [5, 5.41) is 3.86. The van der Waals surface area contributed by atoms with Crippen LogP contribution in [0.1, 0.15) is 15.9 Å². The van der Waals surface area contributed by atoms with Crippen LogP contribution in [0.15, 0.2) is 79.5 Å². The number of aromatic nitrogens is 3. The van der Waals surface area contributed by atoms with E-state index >= 15 is 0 Å². The third kappa shape index (κ3) is 2.99. The topological polar surface area (TPSA) is 59.8 Å². The summed E-state index contributed by atoms with van der Waals surface area (Å²) < 4.78 is 1.93. The summed E-state index contributed by atoms with van der Waals surface area (Å²) in [5.74, 6) is -0.112. The number of benzene rings is 2. The van der Waals surface area contributed by atoms with Gasteiger partial charge in [-0.1, -0.05) is 30.3 Å². The molecule has 0 aliphatic heterocycles. The number of amides is 1. The van der Waals surface area contributed by atoms with Crippen LogP contribution in [-0.2, 0) is 6.54 Å². The molecule has 5 nitrogen and oxygen atoms in total. The zero-order chi connectivity index (χ0) is 17.1. The van der Waals surface area contributed by atoms with Gasteiger partial charge in [0.05, 0.1) is 17.5 Å². The number of carbonyl (C=O) groups excluding carboxylic acids is 1. The lowest BCUT2D eigenvalue weighted by atomic mass is 10.1. The molecule has 4 rings (SSSR count). The highest BCUT2D eigenvalue weighted by molar-refractivity contribution is 6.06. The van der Waals surface area contributed by atoms with Crippen LogP contribution in [0.2, 0.25) is 0 Å². The Morgan fingerprint density at radius 2 is 1.92 bits per heavy atom. The van der Waals surface area contributed by atoms with Gasteiger partial charge in [0.1, 0.15) is 0 Å². The van der Waals surface area contributed by atoms with Gasteiger partial charge in [0.2, 0.25) is 0 Å². The Hall–Kier alpha value is -3.47. The van der Waals surface area contributed by atoms with Gasteiger partial charge < -0.3 is 9.88 Å². The Morgan fingerprint density at radius 1 is 1.00 bits per heavy atom. The molecule has 0 saturated heterocycles. The number of nitrogens with one attached hydrogen (secondary N) is 1. The molecule has 25 heavy (non-hydrogen) atoms. The van der Waals surface area contributed by atoms with Crippen molar-refractivity contribution in [3.05, 3.63) is 90.6 Å². The zero-order valence-electron chi connectivity index (χ0n) is 13.5. The van der Waals surface area contributed by atoms with Crippen molar-refractivity contribution in [3.8, 4) is 5.69 Å². The largest absolute Gasteiger partial charge is 0.348 e. The van der Waals surface area contributed by atoms with E-state index in [1.807, 2.05) is 65.4 Å². The minimum absolute atomic E-state index is 0.112. The van der Waals surface area contributed by atoms with Gasteiger partial charge in [-0.25, -0.2) is 4.98 Å². The van der Waals surface area contributed by atoms with Crippen LogP contribution < -0.4 is 5.32 Å². The van der Waals surface area contributed by atoms with E-state index in [-0.39, 0.29) is 5.91 Å². The highest BCUT2D eigenvalue weighted by Gasteiger charge is 2.11. The molecule has 0 fully saturated rings. The Labute approximate surface area is 145 Å². The molecule has 2 aromatic carbocycles. The van der Waals surface area contributed by atoms with E-state index in [2.05, 4.69) is 15.3 Å². The maximum atomic E-state index is 12.7. The van der Waals surface area contributed by atoms with Gasteiger partial charge in [0.15, 0.2) is 0 Å². The van der Waals surface area contributed by atoms with Crippen LogP contribution in [0.5, 0.6) is 0 Å². The number of para-hydroxylation sites is 1. The first-order chi connectivity index (χ1) is 12.3. The molecular weight excluding hydrogens is 312 g/mol. The minimum Gasteiger partial charge on any atom is -0.348 e. The Kier molecular flexibility index (Phi) is 3.96. The first-order valence-electron chi connectivity index (χ1n) is 8.01. The molecule has 0 aliphatic carbocycles. The standard InChI is InChI=1S/C20H16N4O/c25-20(17-6-3-8-18-16(17)7-4-10-22-18)23-13-15-5-1-2-9-19(15)24-12-11-21-14-24/h1-12,14H,13H2,(H,23,25). The van der Waals surface area contributed by atoms with E-state index in [0.29, 0.717) is 12.1 Å². The molecule has 4 aromatic rings. The maximum Gasteiger partial charge on any atom is 0.252 e. The van der Waals surface area contributed by atoms with E-state index in [1.165, 1.54) is 0 Å². The summed E-state index contributed by atoms with van der Waals surface area (Å²) in [6.45, 7) is 0.434. The Morgan fingerprint density at radius 3 is 2.80 bits per heavy atom. The second kappa shape index (κ2) is 6.57. The van der Waals surface area contributed by atoms with Crippen molar-refractivity contribution in [1.82, 2.24) is 19.9 Å². The highest BCUT2D eigenvalue weighted by Crippen LogP contribution is 2.17. The summed E-state index contributed by atoms with van der Waals surface area (Å²) >= 11 is 0. The van der Waals surface area contributed by atoms with Crippen LogP contribution in [0.4, 0.5) is 0 Å². The Bertz CT molecular complexity index is 1020. The SMILES string of the molecule is O=C(NCc1ccccc1-n1ccnc1)c1cccc2ncccc12. The molecule has 5 heteroatoms. The molecule has 0 radical (unpaired) electrons. The fourth-order valence-electron chi connectivity index (χ4n) is 2.89. The van der Waals surface area contributed by atoms with E-state index in [9.17, 15) is 4.79 Å². The van der Waals surface area contributed by atoms with E-state index in [4.69, 9.17) is 0 Å². The lowest BCUT2D eigenvalue weighted by molar-refractivity contribution is 0.0952. The van der Waals surface area contributed by atoms with Gasteiger partial charge in [0, 0.05) is 36.1 Å². The van der Waals surface area contributed by atoms with Crippen LogP contribution in [0.3, 0.4) is 0 Å². The van der Waals surface area contributed by atoms with Crippen molar-refractivity contribution in [2.75, 3.05) is 0 Å². The number of imidazole rings is 1. The van der Waals surface area contributed by atoms with Crippen molar-refractivity contribution in [2.45, 2.75) is 6.54 Å². The number of fused-ring (bicyclic) bond motifs is 1. The summed E-state index contributed by atoms with van der Waals surface area (Å²) in [6.07, 6.45) is 7.10. The van der Waals surface area contributed by atoms with Crippen molar-refractivity contribution in [3.63, 3.8) is 0 Å². The zero-order valence-corrected chi connectivity index (χ0v) is 13.5. The monoisotopic (exact) mass is 328 g/mol. The fourth-order valence-corrected chi connectivity index (χ4v) is 2.89. The average Bonchev–Trinajstić information content (AvgIpc) is 3.20. The van der Waals surface area contributed by atoms with Crippen molar-refractivity contribution >= 4 is 16.8 Å². The Balaban J connectivity index is 1.59. The molecule has 2 aromatic heterocycles. The molecule has 2 heterocycles. The second-order valence-corrected chi connectivity index (χ2v) is 5.66. The third-order valence-electron chi connectivity index (χ3n) is 4.10. The van der Waals surface area contributed by atoms with Gasteiger partial charge in [-0.05, 0) is 29.8 Å². The van der Waals surface area contributed by atoms with Gasteiger partial charge in [-0.3, -0.25) is 9.78 Å². The molecule has 0 aliphatic rings. The molecule has 1 N–H and O–H groups in total. The quantitative estimate of drug-likeness (QED) is 0.625. The summed E-state index contributed by atoms with van der Waals surface area (Å²) in [6, 6.07) is 17.3. The van der Waals surface area contributed by atoms with Crippen molar-refractivity contribution < 1.29 is 4.79 Å². The molecule has 0 atom stereocenters. The normalized spacial score (nSPS) is 10.7. The second-order valence-electron chi connectivity index (χ2n) is 5.66. The first-order valence-corrected chi connectivity index (χ1v) is 8.01. The summed E-state index contributed by atoms with van der Waals surface area (Å²) in [4.78, 5) is 21.1. The number of carbonyl (C=O) groups is 1. The molecule has 122 valence electrons. The van der Waals surface area contributed by atoms with Crippen LogP contribution >= 0.6 is 0 Å². The lowest BCUT2D eigenvalue weighted by Crippen LogP contribution is -2.23. The molecule has 0 spiro atoms. The predicted molar refractivity (Wildman–Crippen MR) is 96.5 cm³/mol. The number of hydrogen-bond donors (Lipinski definition) is 1. The predicted octanol–water partition coefficient (Wildman–Crippen LogP) is 3.35. The summed E-state index contributed by atoms with van der Waals surface area (Å²) in [7, 11) is 0. The molecule has 0 bridgehead atoms. The average molecular weight is 328 g/mol. The highest BCUT2D eigenvalue weighted by atomic mass is 16.1. The molecular formula is C20H16N4O. The van der Waals surface area contributed by atoms with Gasteiger partial charge >= 0.3 is 0 Å². The maximum absolute atomic E-state index is 12.7. The van der Waals surface area contributed by atoms with Crippen LogP contribution in [-0.4, -0.2) is 20.4 Å². The van der Waals surface area contributed by atoms with E-state index in [1.54, 1.807) is 18.7 Å². The number of hydrogen-bond acceptors (Lipinski definition) is 3. The molecule has 1 amide bonds. The number of rotatable bonds is 4. The molecule has 0 saturated carbocycles. The van der Waals surface area contributed by atoms with E-state index in [0.717, 1.165) is 22.2 Å². The van der Waals surface area contributed by atoms with Gasteiger partial charge in [0.25, 0.3) is 5.91 Å². The molecule has 0 unspecified atom stereocenters. The van der Waals surface area contributed by atoms with Crippen molar-refractivity contribution in [1.29, 1.82) is 0 Å². The number of pyridine rings is 1. The minimum atomic E-state index is -0.112. The number of nitrogens with zero attached hydrogens (tertiary/aromatic N) is 3. The van der Waals surface area contributed by atoms with Crippen LogP contribution in [0, 0.1) is 0 Å². The lowest BCUT2D eigenvalue weighted by Gasteiger charge is -2.12. The van der Waals surface area contributed by atoms with Crippen molar-refractivity contribution in [2.24, 2.45) is 0 Å². The van der Waals surface area contributed by atoms with E-state index < -0.39 is 0 Å². The van der Waals surface area contributed by atoms with Gasteiger partial charge in [-0.15, -0.1) is 0 Å². The first kappa shape index (κ1) is 15.1. The summed E-state index contributed by atoms with van der Waals surface area (Å²) in [5.41, 5.74) is 3.46. The van der Waals surface area contributed by atoms with Crippen LogP contribution in [0.25, 0.3) is 16.6 Å².